The zero-order valence-electron chi connectivity index (χ0n) is 19.0. The number of hydrogen-bond donors (Lipinski definition) is 3. The summed E-state index contributed by atoms with van der Waals surface area (Å²) in [7, 11) is 0. The molecule has 3 atom stereocenters. The lowest BCUT2D eigenvalue weighted by Crippen LogP contribution is -2.69. The summed E-state index contributed by atoms with van der Waals surface area (Å²) in [6, 6.07) is 16.5. The molecule has 0 amide bonds. The first-order chi connectivity index (χ1) is 15.8. The Morgan fingerprint density at radius 3 is 1.73 bits per heavy atom. The van der Waals surface area contributed by atoms with Gasteiger partial charge in [-0.2, -0.15) is 0 Å². The Kier molecular flexibility index (Phi) is 7.79. The van der Waals surface area contributed by atoms with Crippen LogP contribution in [-0.4, -0.2) is 41.8 Å². The topological polar surface area (TPSA) is 138 Å². The van der Waals surface area contributed by atoms with Crippen molar-refractivity contribution in [2.75, 3.05) is 6.61 Å². The lowest BCUT2D eigenvalue weighted by atomic mass is 9.62. The zero-order valence-corrected chi connectivity index (χ0v) is 19.0. The fraction of sp³-hybridized carbons (Fsp3) is 0.423. The number of esters is 1. The normalized spacial score (nSPS) is 24.1. The third-order valence-electron chi connectivity index (χ3n) is 6.64. The van der Waals surface area contributed by atoms with Crippen LogP contribution in [0.25, 0.3) is 0 Å². The van der Waals surface area contributed by atoms with Crippen LogP contribution in [0.1, 0.15) is 37.3 Å². The Hall–Kier alpha value is -2.87. The molecule has 3 unspecified atom stereocenters. The molecule has 7 nitrogen and oxygen atoms in total. The van der Waals surface area contributed by atoms with Gasteiger partial charge in [-0.05, 0) is 50.2 Å². The number of Topliss-reactive ketones (excluding diaryl/α,β-unsaturated/α-hetero) is 2. The van der Waals surface area contributed by atoms with E-state index in [9.17, 15) is 14.4 Å². The van der Waals surface area contributed by atoms with E-state index in [2.05, 4.69) is 0 Å². The molecule has 7 heteroatoms. The molecule has 0 bridgehead atoms. The van der Waals surface area contributed by atoms with Crippen molar-refractivity contribution in [1.29, 1.82) is 0 Å². The van der Waals surface area contributed by atoms with Gasteiger partial charge >= 0.3 is 5.97 Å². The van der Waals surface area contributed by atoms with Crippen LogP contribution in [0.4, 0.5) is 0 Å². The van der Waals surface area contributed by atoms with Gasteiger partial charge in [-0.1, -0.05) is 60.7 Å². The van der Waals surface area contributed by atoms with Gasteiger partial charge in [-0.3, -0.25) is 14.4 Å². The predicted molar refractivity (Wildman–Crippen MR) is 126 cm³/mol. The van der Waals surface area contributed by atoms with Gasteiger partial charge in [0, 0.05) is 0 Å². The van der Waals surface area contributed by atoms with Crippen LogP contribution in [0.5, 0.6) is 0 Å². The lowest BCUT2D eigenvalue weighted by molar-refractivity contribution is -0.163. The molecule has 6 N–H and O–H groups in total. The number of ether oxygens (including phenoxy) is 1. The van der Waals surface area contributed by atoms with E-state index < -0.39 is 40.6 Å². The third-order valence-corrected chi connectivity index (χ3v) is 6.64. The number of ketones is 2. The van der Waals surface area contributed by atoms with Crippen LogP contribution in [0.3, 0.4) is 0 Å². The second kappa shape index (κ2) is 10.4. The Morgan fingerprint density at radius 1 is 0.848 bits per heavy atom. The van der Waals surface area contributed by atoms with E-state index in [4.69, 9.17) is 21.9 Å². The van der Waals surface area contributed by atoms with Gasteiger partial charge in [0.15, 0.2) is 11.6 Å². The van der Waals surface area contributed by atoms with E-state index >= 15 is 0 Å². The highest BCUT2D eigenvalue weighted by Crippen LogP contribution is 2.48. The number of carbonyl (C=O) groups is 3. The summed E-state index contributed by atoms with van der Waals surface area (Å²) in [5.74, 6) is -1.86. The molecule has 1 aliphatic carbocycles. The monoisotopic (exact) mass is 451 g/mol. The van der Waals surface area contributed by atoms with Gasteiger partial charge < -0.3 is 21.9 Å². The van der Waals surface area contributed by atoms with Gasteiger partial charge in [0.1, 0.15) is 11.0 Å². The molecule has 176 valence electrons. The molecular weight excluding hydrogens is 418 g/mol. The first-order valence-electron chi connectivity index (χ1n) is 11.4. The van der Waals surface area contributed by atoms with Crippen molar-refractivity contribution < 1.29 is 19.1 Å². The summed E-state index contributed by atoms with van der Waals surface area (Å²) >= 11 is 0. The Morgan fingerprint density at radius 2 is 1.30 bits per heavy atom. The Bertz CT molecular complexity index is 920. The SMILES string of the molecule is CCOC(=O)C1(N)CCCC1(C(=O)C(N)Cc1ccccc1)C(=O)C(N)Cc1ccccc1. The minimum absolute atomic E-state index is 0.0857. The van der Waals surface area contributed by atoms with Crippen molar-refractivity contribution in [2.45, 2.75) is 56.7 Å². The fourth-order valence-electron chi connectivity index (χ4n) is 4.97. The summed E-state index contributed by atoms with van der Waals surface area (Å²) in [4.78, 5) is 40.8. The summed E-state index contributed by atoms with van der Waals surface area (Å²) in [5.41, 5.74) is 17.4. The van der Waals surface area contributed by atoms with Crippen molar-refractivity contribution in [3.63, 3.8) is 0 Å². The Labute approximate surface area is 194 Å². The molecule has 0 saturated heterocycles. The maximum absolute atomic E-state index is 13.9. The molecule has 0 aliphatic heterocycles. The average Bonchev–Trinajstić information content (AvgIpc) is 3.18. The van der Waals surface area contributed by atoms with Crippen LogP contribution in [0, 0.1) is 5.41 Å². The number of rotatable bonds is 10. The summed E-state index contributed by atoms with van der Waals surface area (Å²) in [6.45, 7) is 1.74. The van der Waals surface area contributed by atoms with Crippen molar-refractivity contribution in [3.05, 3.63) is 71.8 Å². The van der Waals surface area contributed by atoms with E-state index in [-0.39, 0.29) is 32.3 Å². The minimum atomic E-state index is -1.83. The van der Waals surface area contributed by atoms with E-state index in [0.29, 0.717) is 6.42 Å². The van der Waals surface area contributed by atoms with E-state index in [1.165, 1.54) is 0 Å². The highest BCUT2D eigenvalue weighted by molar-refractivity contribution is 6.16. The molecule has 2 aromatic carbocycles. The van der Waals surface area contributed by atoms with Gasteiger partial charge in [0.25, 0.3) is 0 Å². The van der Waals surface area contributed by atoms with Crippen molar-refractivity contribution in [1.82, 2.24) is 0 Å². The highest BCUT2D eigenvalue weighted by atomic mass is 16.5. The molecule has 1 fully saturated rings. The second-order valence-corrected chi connectivity index (χ2v) is 8.77. The van der Waals surface area contributed by atoms with Crippen LogP contribution in [0.2, 0.25) is 0 Å². The first-order valence-corrected chi connectivity index (χ1v) is 11.4. The van der Waals surface area contributed by atoms with Gasteiger partial charge in [-0.25, -0.2) is 0 Å². The second-order valence-electron chi connectivity index (χ2n) is 8.77. The van der Waals surface area contributed by atoms with Crippen LogP contribution >= 0.6 is 0 Å². The standard InChI is InChI=1S/C26H33N3O4/c1-2-33-24(32)26(29)15-9-14-25(26,22(30)20(27)16-18-10-5-3-6-11-18)23(31)21(28)17-19-12-7-4-8-13-19/h3-8,10-13,20-21H,2,9,14-17,27-29H2,1H3. The summed E-state index contributed by atoms with van der Waals surface area (Å²) in [6.07, 6.45) is 1.14. The molecule has 33 heavy (non-hydrogen) atoms. The van der Waals surface area contributed by atoms with Crippen LogP contribution in [-0.2, 0) is 32.0 Å². The molecule has 2 aromatic rings. The molecule has 1 aliphatic rings. The fourth-order valence-corrected chi connectivity index (χ4v) is 4.97. The molecule has 1 saturated carbocycles. The summed E-state index contributed by atoms with van der Waals surface area (Å²) in [5, 5.41) is 0. The van der Waals surface area contributed by atoms with Crippen LogP contribution in [0.15, 0.2) is 60.7 Å². The number of hydrogen-bond acceptors (Lipinski definition) is 7. The molecule has 0 heterocycles. The molecular formula is C26H33N3O4. The van der Waals surface area contributed by atoms with E-state index in [1.807, 2.05) is 60.7 Å². The number of carbonyl (C=O) groups excluding carboxylic acids is 3. The highest BCUT2D eigenvalue weighted by Gasteiger charge is 2.67. The van der Waals surface area contributed by atoms with E-state index in [1.54, 1.807) is 6.92 Å². The van der Waals surface area contributed by atoms with Crippen molar-refractivity contribution >= 4 is 17.5 Å². The van der Waals surface area contributed by atoms with Crippen molar-refractivity contribution in [2.24, 2.45) is 22.6 Å². The maximum Gasteiger partial charge on any atom is 0.327 e. The number of nitrogens with two attached hydrogens (primary N) is 3. The zero-order chi connectivity index (χ0) is 24.1. The van der Waals surface area contributed by atoms with Gasteiger partial charge in [-0.15, -0.1) is 0 Å². The molecule has 0 spiro atoms. The maximum atomic E-state index is 13.9. The number of benzene rings is 2. The Balaban J connectivity index is 1.99. The average molecular weight is 452 g/mol. The summed E-state index contributed by atoms with van der Waals surface area (Å²) < 4.78 is 5.23. The van der Waals surface area contributed by atoms with E-state index in [0.717, 1.165) is 11.1 Å². The van der Waals surface area contributed by atoms with Gasteiger partial charge in [0.05, 0.1) is 18.7 Å². The first kappa shape index (κ1) is 24.8. The van der Waals surface area contributed by atoms with Gasteiger partial charge in [0.2, 0.25) is 0 Å². The molecule has 3 rings (SSSR count). The predicted octanol–water partition coefficient (Wildman–Crippen LogP) is 1.70. The third kappa shape index (κ3) is 4.76. The quantitative estimate of drug-likeness (QED) is 0.369. The largest absolute Gasteiger partial charge is 0.465 e. The van der Waals surface area contributed by atoms with Crippen molar-refractivity contribution in [3.8, 4) is 0 Å². The lowest BCUT2D eigenvalue weighted by Gasteiger charge is -2.41. The minimum Gasteiger partial charge on any atom is -0.465 e. The molecule has 0 aromatic heterocycles. The van der Waals surface area contributed by atoms with Crippen LogP contribution < -0.4 is 17.2 Å². The smallest absolute Gasteiger partial charge is 0.327 e. The molecule has 0 radical (unpaired) electrons.